The van der Waals surface area contributed by atoms with Crippen molar-refractivity contribution in [1.82, 2.24) is 45.7 Å². The maximum Gasteiger partial charge on any atom is 0.243 e. The van der Waals surface area contributed by atoms with Gasteiger partial charge in [0.25, 0.3) is 0 Å². The van der Waals surface area contributed by atoms with Crippen molar-refractivity contribution < 1.29 is 28.8 Å². The molecule has 2 heterocycles. The average molecular weight is 575 g/mol. The summed E-state index contributed by atoms with van der Waals surface area (Å²) in [6.07, 6.45) is 6.57. The van der Waals surface area contributed by atoms with Crippen LogP contribution in [0.15, 0.2) is 25.0 Å². The molecule has 0 aliphatic heterocycles. The Kier molecular flexibility index (Phi) is 11.5. The van der Waals surface area contributed by atoms with Crippen LogP contribution in [0.5, 0.6) is 0 Å². The molecule has 2 rings (SSSR count). The normalized spacial score (nSPS) is 14.5. The molecule has 0 aliphatic carbocycles. The van der Waals surface area contributed by atoms with Crippen LogP contribution >= 0.6 is 0 Å². The lowest BCUT2D eigenvalue weighted by Gasteiger charge is -2.23. The molecule has 7 N–H and O–H groups in total. The van der Waals surface area contributed by atoms with Crippen molar-refractivity contribution in [3.63, 3.8) is 0 Å². The summed E-state index contributed by atoms with van der Waals surface area (Å²) in [4.78, 5) is 82.3. The minimum Gasteiger partial charge on any atom is -0.368 e. The Morgan fingerprint density at radius 2 is 1.32 bits per heavy atom. The summed E-state index contributed by atoms with van der Waals surface area (Å²) in [6.45, 7) is 5.51. The summed E-state index contributed by atoms with van der Waals surface area (Å²) in [5, 5.41) is 12.5. The van der Waals surface area contributed by atoms with Gasteiger partial charge in [-0.3, -0.25) is 28.8 Å². The number of aromatic nitrogens is 4. The van der Waals surface area contributed by atoms with E-state index in [2.05, 4.69) is 36.6 Å². The van der Waals surface area contributed by atoms with Crippen LogP contribution in [0, 0.1) is 0 Å². The SMILES string of the molecule is CC(=O)N[C@@H](Cc1cn(C)cn1)C(=O)N[C@@H](C)C(=O)N[C@@H](C)C(=O)N[C@@H](C)C(=O)N[C@@H](Cc1cncn1C)C(N)=O. The molecular formula is C25H38N10O6. The molecule has 0 saturated heterocycles. The van der Waals surface area contributed by atoms with Gasteiger partial charge in [-0.25, -0.2) is 9.97 Å². The van der Waals surface area contributed by atoms with Gasteiger partial charge in [0.2, 0.25) is 35.4 Å². The number of carbonyl (C=O) groups excluding carboxylic acids is 6. The molecule has 0 aromatic carbocycles. The van der Waals surface area contributed by atoms with Crippen LogP contribution < -0.4 is 32.3 Å². The molecule has 0 spiro atoms. The smallest absolute Gasteiger partial charge is 0.243 e. The van der Waals surface area contributed by atoms with E-state index in [0.29, 0.717) is 11.4 Å². The van der Waals surface area contributed by atoms with Gasteiger partial charge in [0.05, 0.1) is 18.3 Å². The zero-order valence-corrected chi connectivity index (χ0v) is 23.9. The summed E-state index contributed by atoms with van der Waals surface area (Å²) < 4.78 is 3.38. The Morgan fingerprint density at radius 1 is 0.780 bits per heavy atom. The third kappa shape index (κ3) is 10.1. The van der Waals surface area contributed by atoms with Gasteiger partial charge >= 0.3 is 0 Å². The quantitative estimate of drug-likeness (QED) is 0.135. The van der Waals surface area contributed by atoms with Crippen molar-refractivity contribution in [3.05, 3.63) is 36.4 Å². The number of hydrogen-bond acceptors (Lipinski definition) is 8. The molecule has 0 unspecified atom stereocenters. The third-order valence-electron chi connectivity index (χ3n) is 6.11. The summed E-state index contributed by atoms with van der Waals surface area (Å²) in [5.74, 6) is -3.78. The van der Waals surface area contributed by atoms with Crippen molar-refractivity contribution in [1.29, 1.82) is 0 Å². The highest BCUT2D eigenvalue weighted by molar-refractivity contribution is 5.95. The largest absolute Gasteiger partial charge is 0.368 e. The van der Waals surface area contributed by atoms with Gasteiger partial charge in [0, 0.05) is 51.9 Å². The summed E-state index contributed by atoms with van der Waals surface area (Å²) in [7, 11) is 3.50. The van der Waals surface area contributed by atoms with Crippen molar-refractivity contribution in [3.8, 4) is 0 Å². The first-order chi connectivity index (χ1) is 19.2. The van der Waals surface area contributed by atoms with E-state index in [1.165, 1.54) is 27.7 Å². The number of amides is 6. The van der Waals surface area contributed by atoms with Gasteiger partial charge in [-0.1, -0.05) is 0 Å². The van der Waals surface area contributed by atoms with E-state index in [4.69, 9.17) is 5.73 Å². The third-order valence-corrected chi connectivity index (χ3v) is 6.11. The molecule has 16 nitrogen and oxygen atoms in total. The Morgan fingerprint density at radius 3 is 1.76 bits per heavy atom. The Labute approximate surface area is 237 Å². The van der Waals surface area contributed by atoms with Gasteiger partial charge in [-0.2, -0.15) is 0 Å². The second-order valence-electron chi connectivity index (χ2n) is 9.84. The van der Waals surface area contributed by atoms with Gasteiger partial charge in [-0.15, -0.1) is 0 Å². The molecule has 6 amide bonds. The number of aryl methyl sites for hydroxylation is 2. The molecule has 41 heavy (non-hydrogen) atoms. The van der Waals surface area contributed by atoms with Gasteiger partial charge < -0.3 is 41.5 Å². The van der Waals surface area contributed by atoms with Crippen LogP contribution in [-0.2, 0) is 55.7 Å². The van der Waals surface area contributed by atoms with E-state index in [1.54, 1.807) is 48.3 Å². The lowest BCUT2D eigenvalue weighted by molar-refractivity contribution is -0.134. The fourth-order valence-electron chi connectivity index (χ4n) is 3.73. The summed E-state index contributed by atoms with van der Waals surface area (Å²) >= 11 is 0. The van der Waals surface area contributed by atoms with Crippen molar-refractivity contribution in [2.75, 3.05) is 0 Å². The number of nitrogens with one attached hydrogen (secondary N) is 5. The van der Waals surface area contributed by atoms with Gasteiger partial charge in [0.15, 0.2) is 0 Å². The fourth-order valence-corrected chi connectivity index (χ4v) is 3.73. The number of rotatable bonds is 14. The minimum atomic E-state index is -1.07. The Bertz CT molecular complexity index is 1270. The first kappa shape index (κ1) is 32.5. The molecule has 5 atom stereocenters. The summed E-state index contributed by atoms with van der Waals surface area (Å²) in [5.41, 5.74) is 6.67. The van der Waals surface area contributed by atoms with Crippen LogP contribution in [0.2, 0.25) is 0 Å². The second kappa shape index (κ2) is 14.6. The zero-order valence-electron chi connectivity index (χ0n) is 23.9. The first-order valence-electron chi connectivity index (χ1n) is 12.9. The molecule has 224 valence electrons. The maximum absolute atomic E-state index is 12.8. The molecule has 0 aliphatic rings. The van der Waals surface area contributed by atoms with E-state index < -0.39 is 65.7 Å². The predicted molar refractivity (Wildman–Crippen MR) is 145 cm³/mol. The maximum atomic E-state index is 12.8. The Hall–Kier alpha value is -4.76. The van der Waals surface area contributed by atoms with Crippen molar-refractivity contribution in [2.45, 2.75) is 70.7 Å². The standard InChI is InChI=1S/C25H38N10O6/c1-13(22(38)30-15(3)24(40)33-19(21(26)37)8-18-9-27-11-35(18)6)29-23(39)14(2)31-25(41)20(32-16(4)36)7-17-10-34(5)12-28-17/h9-15,19-20H,7-8H2,1-6H3,(H2,26,37)(H,29,39)(H,30,38)(H,31,41)(H,32,36)(H,33,40)/t13-,14-,15-,19-,20-/m0/s1. The molecule has 16 heteroatoms. The highest BCUT2D eigenvalue weighted by atomic mass is 16.2. The highest BCUT2D eigenvalue weighted by Gasteiger charge is 2.28. The van der Waals surface area contributed by atoms with Gasteiger partial charge in [-0.05, 0) is 20.8 Å². The van der Waals surface area contributed by atoms with Crippen molar-refractivity contribution >= 4 is 35.4 Å². The second-order valence-corrected chi connectivity index (χ2v) is 9.84. The predicted octanol–water partition coefficient (Wildman–Crippen LogP) is -3.07. The monoisotopic (exact) mass is 574 g/mol. The number of primary amides is 1. The number of carbonyl (C=O) groups is 6. The summed E-state index contributed by atoms with van der Waals surface area (Å²) in [6, 6.07) is -5.19. The molecule has 2 aromatic heterocycles. The van der Waals surface area contributed by atoms with E-state index in [0.717, 1.165) is 0 Å². The molecule has 0 fully saturated rings. The first-order valence-corrected chi connectivity index (χ1v) is 12.9. The minimum absolute atomic E-state index is 0.109. The van der Waals surface area contributed by atoms with Crippen molar-refractivity contribution in [2.24, 2.45) is 19.8 Å². The van der Waals surface area contributed by atoms with Crippen LogP contribution in [0.4, 0.5) is 0 Å². The molecule has 0 bridgehead atoms. The average Bonchev–Trinajstić information content (AvgIpc) is 3.49. The highest BCUT2D eigenvalue weighted by Crippen LogP contribution is 2.03. The lowest BCUT2D eigenvalue weighted by atomic mass is 10.1. The molecule has 0 saturated carbocycles. The van der Waals surface area contributed by atoms with E-state index in [1.807, 2.05) is 0 Å². The van der Waals surface area contributed by atoms with E-state index >= 15 is 0 Å². The molecule has 0 radical (unpaired) electrons. The van der Waals surface area contributed by atoms with Gasteiger partial charge in [0.1, 0.15) is 30.2 Å². The number of nitrogens with zero attached hydrogens (tertiary/aromatic N) is 4. The zero-order chi connectivity index (χ0) is 30.9. The number of imidazole rings is 2. The van der Waals surface area contributed by atoms with Crippen LogP contribution in [0.3, 0.4) is 0 Å². The van der Waals surface area contributed by atoms with Crippen LogP contribution in [-0.4, -0.2) is 84.8 Å². The van der Waals surface area contributed by atoms with Crippen LogP contribution in [0.1, 0.15) is 39.1 Å². The fraction of sp³-hybridized carbons (Fsp3) is 0.520. The topological polar surface area (TPSA) is 224 Å². The number of hydrogen-bond donors (Lipinski definition) is 6. The van der Waals surface area contributed by atoms with E-state index in [-0.39, 0.29) is 12.8 Å². The van der Waals surface area contributed by atoms with E-state index in [9.17, 15) is 28.8 Å². The molecular weight excluding hydrogens is 536 g/mol. The van der Waals surface area contributed by atoms with Crippen LogP contribution in [0.25, 0.3) is 0 Å². The number of nitrogens with two attached hydrogens (primary N) is 1. The Balaban J connectivity index is 1.89. The molecule has 2 aromatic rings. The lowest BCUT2D eigenvalue weighted by Crippen LogP contribution is -2.57.